The quantitative estimate of drug-likeness (QED) is 0.568. The Morgan fingerprint density at radius 1 is 1.08 bits per heavy atom. The van der Waals surface area contributed by atoms with E-state index in [1.54, 1.807) is 20.8 Å². The van der Waals surface area contributed by atoms with Gasteiger partial charge in [0.2, 0.25) is 21.8 Å². The molecule has 1 aliphatic rings. The van der Waals surface area contributed by atoms with E-state index in [2.05, 4.69) is 6.58 Å². The van der Waals surface area contributed by atoms with Crippen LogP contribution in [0.4, 0.5) is 0 Å². The first-order valence-electron chi connectivity index (χ1n) is 8.52. The molecule has 1 aliphatic heterocycles. The second-order valence-corrected chi connectivity index (χ2v) is 8.90. The first kappa shape index (κ1) is 23.7. The molecule has 0 N–H and O–H groups in total. The summed E-state index contributed by atoms with van der Waals surface area (Å²) in [6.45, 7) is 12.7. The molecule has 0 amide bonds. The Morgan fingerprint density at radius 2 is 1.62 bits per heavy atom. The van der Waals surface area contributed by atoms with Crippen molar-refractivity contribution in [2.45, 2.75) is 64.3 Å². The molecule has 0 aromatic carbocycles. The van der Waals surface area contributed by atoms with E-state index in [9.17, 15) is 9.59 Å². The summed E-state index contributed by atoms with van der Waals surface area (Å²) in [5, 5.41) is -0.556. The lowest BCUT2D eigenvalue weighted by Crippen LogP contribution is -2.72. The van der Waals surface area contributed by atoms with Gasteiger partial charge in [-0.1, -0.05) is 42.9 Å². The third-order valence-electron chi connectivity index (χ3n) is 4.43. The topological polar surface area (TPSA) is 71.1 Å². The molecule has 0 aromatic rings. The summed E-state index contributed by atoms with van der Waals surface area (Å²) in [4.78, 5) is 26.0. The Labute approximate surface area is 164 Å². The van der Waals surface area contributed by atoms with Crippen LogP contribution in [-0.4, -0.2) is 59.2 Å². The van der Waals surface area contributed by atoms with E-state index in [1.165, 1.54) is 14.2 Å². The minimum atomic E-state index is -1.53. The molecule has 1 heterocycles. The molecule has 26 heavy (non-hydrogen) atoms. The molecular weight excluding hydrogens is 376 g/mol. The second kappa shape index (κ2) is 9.21. The van der Waals surface area contributed by atoms with Crippen LogP contribution in [0.15, 0.2) is 12.2 Å². The standard InChI is InChI=1S/C18H30O6S2/c1-9-25-14(19)13-18(11-12(3)4,15(20)26-10-2)24-17(6,22-8)16(5,21-7)23-13/h13H,3,9-11H2,1-2,4-8H3/t13-,16+,17+,18-/m1/s1. The zero-order chi connectivity index (χ0) is 20.2. The van der Waals surface area contributed by atoms with Crippen LogP contribution in [0.25, 0.3) is 0 Å². The molecule has 0 radical (unpaired) electrons. The Kier molecular flexibility index (Phi) is 8.38. The highest BCUT2D eigenvalue weighted by atomic mass is 32.2. The van der Waals surface area contributed by atoms with Gasteiger partial charge in [0.25, 0.3) is 0 Å². The Balaban J connectivity index is 3.58. The van der Waals surface area contributed by atoms with Crippen molar-refractivity contribution in [1.82, 2.24) is 0 Å². The van der Waals surface area contributed by atoms with Gasteiger partial charge in [-0.2, -0.15) is 0 Å². The molecule has 1 rings (SSSR count). The molecule has 0 bridgehead atoms. The maximum atomic E-state index is 13.1. The SMILES string of the molecule is C=C(C)C[C@@]1(C(=O)SCC)O[C@](C)(OC)[C@@](C)(OC)O[C@@H]1C(=O)SCC. The average Bonchev–Trinajstić information content (AvgIpc) is 2.57. The van der Waals surface area contributed by atoms with Gasteiger partial charge in [0.05, 0.1) is 0 Å². The number of thioether (sulfide) groups is 2. The third kappa shape index (κ3) is 4.36. The van der Waals surface area contributed by atoms with Crippen LogP contribution in [0.1, 0.15) is 41.0 Å². The van der Waals surface area contributed by atoms with Crippen molar-refractivity contribution >= 4 is 33.8 Å². The highest BCUT2D eigenvalue weighted by Crippen LogP contribution is 2.48. The highest BCUT2D eigenvalue weighted by molar-refractivity contribution is 8.14. The van der Waals surface area contributed by atoms with Crippen LogP contribution in [0, 0.1) is 0 Å². The van der Waals surface area contributed by atoms with Gasteiger partial charge in [0.1, 0.15) is 0 Å². The van der Waals surface area contributed by atoms with E-state index in [0.29, 0.717) is 17.1 Å². The van der Waals surface area contributed by atoms with Crippen LogP contribution in [0.5, 0.6) is 0 Å². The summed E-state index contributed by atoms with van der Waals surface area (Å²) < 4.78 is 23.5. The number of ether oxygens (including phenoxy) is 4. The Morgan fingerprint density at radius 3 is 2.04 bits per heavy atom. The predicted molar refractivity (Wildman–Crippen MR) is 105 cm³/mol. The van der Waals surface area contributed by atoms with Gasteiger partial charge in [-0.15, -0.1) is 6.58 Å². The molecule has 0 saturated carbocycles. The predicted octanol–water partition coefficient (Wildman–Crippen LogP) is 3.39. The molecule has 1 fully saturated rings. The molecule has 0 aromatic heterocycles. The molecule has 150 valence electrons. The van der Waals surface area contributed by atoms with Gasteiger partial charge < -0.3 is 18.9 Å². The normalized spacial score (nSPS) is 34.5. The van der Waals surface area contributed by atoms with Crippen molar-refractivity contribution in [1.29, 1.82) is 0 Å². The number of hydrogen-bond donors (Lipinski definition) is 0. The Bertz CT molecular complexity index is 554. The van der Waals surface area contributed by atoms with Crippen LogP contribution < -0.4 is 0 Å². The minimum absolute atomic E-state index is 0.151. The first-order valence-corrected chi connectivity index (χ1v) is 10.5. The van der Waals surface area contributed by atoms with Crippen LogP contribution in [0.3, 0.4) is 0 Å². The lowest BCUT2D eigenvalue weighted by Gasteiger charge is -2.55. The van der Waals surface area contributed by atoms with Crippen molar-refractivity contribution in [2.75, 3.05) is 25.7 Å². The van der Waals surface area contributed by atoms with E-state index in [-0.39, 0.29) is 16.7 Å². The highest BCUT2D eigenvalue weighted by Gasteiger charge is 2.66. The van der Waals surface area contributed by atoms with Gasteiger partial charge >= 0.3 is 0 Å². The molecule has 4 atom stereocenters. The summed E-state index contributed by atoms with van der Waals surface area (Å²) in [6.07, 6.45) is -0.984. The van der Waals surface area contributed by atoms with E-state index in [0.717, 1.165) is 23.5 Å². The number of rotatable bonds is 8. The van der Waals surface area contributed by atoms with Crippen LogP contribution in [0.2, 0.25) is 0 Å². The molecule has 0 aliphatic carbocycles. The molecule has 0 spiro atoms. The van der Waals surface area contributed by atoms with E-state index >= 15 is 0 Å². The molecule has 6 nitrogen and oxygen atoms in total. The molecule has 8 heteroatoms. The van der Waals surface area contributed by atoms with Crippen LogP contribution >= 0.6 is 23.5 Å². The van der Waals surface area contributed by atoms with Crippen molar-refractivity contribution in [3.8, 4) is 0 Å². The average molecular weight is 407 g/mol. The van der Waals surface area contributed by atoms with Crippen molar-refractivity contribution in [3.63, 3.8) is 0 Å². The Hall–Kier alpha value is -0.380. The zero-order valence-corrected chi connectivity index (χ0v) is 18.3. The molecule has 0 unspecified atom stereocenters. The number of carbonyl (C=O) groups is 2. The van der Waals surface area contributed by atoms with Crippen molar-refractivity contribution < 1.29 is 28.5 Å². The van der Waals surface area contributed by atoms with E-state index in [4.69, 9.17) is 18.9 Å². The largest absolute Gasteiger partial charge is 0.349 e. The van der Waals surface area contributed by atoms with Gasteiger partial charge in [-0.05, 0) is 32.3 Å². The van der Waals surface area contributed by atoms with E-state index in [1.807, 2.05) is 13.8 Å². The van der Waals surface area contributed by atoms with Gasteiger partial charge in [-0.3, -0.25) is 9.59 Å². The summed E-state index contributed by atoms with van der Waals surface area (Å²) in [6, 6.07) is 0. The summed E-state index contributed by atoms with van der Waals surface area (Å²) in [7, 11) is 2.90. The number of hydrogen-bond acceptors (Lipinski definition) is 8. The van der Waals surface area contributed by atoms with E-state index < -0.39 is 23.3 Å². The number of methoxy groups -OCH3 is 2. The fourth-order valence-electron chi connectivity index (χ4n) is 2.89. The summed E-state index contributed by atoms with van der Waals surface area (Å²) in [5.74, 6) is -1.66. The fourth-order valence-corrected chi connectivity index (χ4v) is 4.29. The second-order valence-electron chi connectivity index (χ2n) is 6.40. The third-order valence-corrected chi connectivity index (χ3v) is 6.12. The maximum absolute atomic E-state index is 13.1. The zero-order valence-electron chi connectivity index (χ0n) is 16.7. The summed E-state index contributed by atoms with van der Waals surface area (Å²) in [5.41, 5.74) is -0.827. The smallest absolute Gasteiger partial charge is 0.224 e. The molecule has 1 saturated heterocycles. The van der Waals surface area contributed by atoms with Crippen molar-refractivity contribution in [3.05, 3.63) is 12.2 Å². The minimum Gasteiger partial charge on any atom is -0.349 e. The lowest BCUT2D eigenvalue weighted by molar-refractivity contribution is -0.453. The lowest BCUT2D eigenvalue weighted by atomic mass is 9.87. The van der Waals surface area contributed by atoms with Gasteiger partial charge in [-0.25, -0.2) is 0 Å². The number of carbonyl (C=O) groups excluding carboxylic acids is 2. The molecular formula is C18H30O6S2. The monoisotopic (exact) mass is 406 g/mol. The van der Waals surface area contributed by atoms with Gasteiger partial charge in [0, 0.05) is 20.6 Å². The van der Waals surface area contributed by atoms with Crippen molar-refractivity contribution in [2.24, 2.45) is 0 Å². The van der Waals surface area contributed by atoms with Gasteiger partial charge in [0.15, 0.2) is 11.7 Å². The summed E-state index contributed by atoms with van der Waals surface area (Å²) >= 11 is 2.18. The first-order chi connectivity index (χ1) is 12.1. The maximum Gasteiger partial charge on any atom is 0.224 e. The van der Waals surface area contributed by atoms with Crippen LogP contribution in [-0.2, 0) is 28.5 Å². The fraction of sp³-hybridized carbons (Fsp3) is 0.778.